The zero-order chi connectivity index (χ0) is 11.8. The molecule has 16 heavy (non-hydrogen) atoms. The van der Waals surface area contributed by atoms with Crippen LogP contribution < -0.4 is 0 Å². The molecule has 1 atom stereocenters. The van der Waals surface area contributed by atoms with Gasteiger partial charge in [0.15, 0.2) is 0 Å². The van der Waals surface area contributed by atoms with E-state index in [1.165, 1.54) is 0 Å². The summed E-state index contributed by atoms with van der Waals surface area (Å²) < 4.78 is 5.72. The van der Waals surface area contributed by atoms with Gasteiger partial charge in [-0.25, -0.2) is 0 Å². The van der Waals surface area contributed by atoms with Crippen LogP contribution in [0.2, 0.25) is 0 Å². The molecule has 0 spiro atoms. The second-order valence-corrected chi connectivity index (χ2v) is 3.84. The summed E-state index contributed by atoms with van der Waals surface area (Å²) in [6.45, 7) is 6.39. The molecule has 0 bridgehead atoms. The molecule has 0 aliphatic rings. The molecular weight excluding hydrogens is 200 g/mol. The predicted molar refractivity (Wildman–Crippen MR) is 66.5 cm³/mol. The molecule has 1 unspecified atom stereocenters. The van der Waals surface area contributed by atoms with Gasteiger partial charge in [-0.15, -0.1) is 6.58 Å². The van der Waals surface area contributed by atoms with Crippen LogP contribution in [0, 0.1) is 0 Å². The van der Waals surface area contributed by atoms with E-state index in [-0.39, 0.29) is 6.10 Å². The first-order valence-corrected chi connectivity index (χ1v) is 5.79. The maximum atomic E-state index is 9.23. The third-order valence-electron chi connectivity index (χ3n) is 2.50. The summed E-state index contributed by atoms with van der Waals surface area (Å²) in [7, 11) is 0. The zero-order valence-electron chi connectivity index (χ0n) is 9.86. The van der Waals surface area contributed by atoms with E-state index in [4.69, 9.17) is 4.74 Å². The number of phenolic OH excluding ortho intramolecular Hbond substituents is 1. The molecule has 1 aromatic rings. The van der Waals surface area contributed by atoms with Gasteiger partial charge in [0.2, 0.25) is 0 Å². The Labute approximate surface area is 97.6 Å². The van der Waals surface area contributed by atoms with Crippen molar-refractivity contribution in [3.05, 3.63) is 42.5 Å². The Morgan fingerprint density at radius 1 is 1.38 bits per heavy atom. The molecule has 0 radical (unpaired) electrons. The van der Waals surface area contributed by atoms with Crippen LogP contribution in [0.4, 0.5) is 0 Å². The number of phenols is 1. The Kier molecular flexibility index (Phi) is 5.65. The van der Waals surface area contributed by atoms with Gasteiger partial charge in [0.1, 0.15) is 5.75 Å². The number of rotatable bonds is 7. The van der Waals surface area contributed by atoms with Gasteiger partial charge in [0.25, 0.3) is 0 Å². The summed E-state index contributed by atoms with van der Waals surface area (Å²) in [4.78, 5) is 0. The monoisotopic (exact) mass is 220 g/mol. The minimum absolute atomic E-state index is 0.110. The second kappa shape index (κ2) is 7.07. The van der Waals surface area contributed by atoms with E-state index in [2.05, 4.69) is 13.5 Å². The van der Waals surface area contributed by atoms with E-state index in [1.54, 1.807) is 18.2 Å². The third-order valence-corrected chi connectivity index (χ3v) is 2.50. The highest BCUT2D eigenvalue weighted by atomic mass is 16.5. The first kappa shape index (κ1) is 12.8. The Bertz CT molecular complexity index is 303. The van der Waals surface area contributed by atoms with Crippen molar-refractivity contribution in [2.24, 2.45) is 0 Å². The van der Waals surface area contributed by atoms with E-state index in [9.17, 15) is 5.11 Å². The van der Waals surface area contributed by atoms with E-state index in [0.717, 1.165) is 24.8 Å². The van der Waals surface area contributed by atoms with E-state index in [0.29, 0.717) is 12.4 Å². The summed E-state index contributed by atoms with van der Waals surface area (Å²) in [5.41, 5.74) is 1.12. The van der Waals surface area contributed by atoms with Gasteiger partial charge < -0.3 is 9.84 Å². The number of hydrogen-bond acceptors (Lipinski definition) is 2. The lowest BCUT2D eigenvalue weighted by molar-refractivity contribution is 0.0658. The highest BCUT2D eigenvalue weighted by molar-refractivity contribution is 5.27. The van der Waals surface area contributed by atoms with Crippen LogP contribution in [0.15, 0.2) is 36.9 Å². The lowest BCUT2D eigenvalue weighted by atomic mass is 10.0. The molecule has 1 N–H and O–H groups in total. The number of ether oxygens (including phenoxy) is 1. The Morgan fingerprint density at radius 3 is 2.62 bits per heavy atom. The molecule has 88 valence electrons. The van der Waals surface area contributed by atoms with Crippen LogP contribution in [0.25, 0.3) is 0 Å². The average molecular weight is 220 g/mol. The molecule has 2 heteroatoms. The molecule has 0 amide bonds. The highest BCUT2D eigenvalue weighted by Gasteiger charge is 2.10. The van der Waals surface area contributed by atoms with Crippen LogP contribution in [-0.2, 0) is 4.74 Å². The smallest absolute Gasteiger partial charge is 0.115 e. The molecule has 2 nitrogen and oxygen atoms in total. The lowest BCUT2D eigenvalue weighted by Gasteiger charge is -2.17. The number of hydrogen-bond donors (Lipinski definition) is 1. The van der Waals surface area contributed by atoms with E-state index in [1.807, 2.05) is 12.1 Å². The molecule has 0 aromatic heterocycles. The van der Waals surface area contributed by atoms with Gasteiger partial charge >= 0.3 is 0 Å². The van der Waals surface area contributed by atoms with Crippen molar-refractivity contribution < 1.29 is 9.84 Å². The first-order chi connectivity index (χ1) is 7.77. The molecule has 0 fully saturated rings. The minimum Gasteiger partial charge on any atom is -0.508 e. The fourth-order valence-corrected chi connectivity index (χ4v) is 1.61. The Hall–Kier alpha value is -1.28. The molecule has 0 aliphatic carbocycles. The van der Waals surface area contributed by atoms with Crippen LogP contribution in [-0.4, -0.2) is 11.7 Å². The van der Waals surface area contributed by atoms with Crippen molar-refractivity contribution >= 4 is 0 Å². The number of aromatic hydroxyl groups is 1. The van der Waals surface area contributed by atoms with Crippen molar-refractivity contribution in [3.8, 4) is 5.75 Å². The van der Waals surface area contributed by atoms with Gasteiger partial charge in [0, 0.05) is 0 Å². The topological polar surface area (TPSA) is 29.5 Å². The molecule has 1 aromatic carbocycles. The van der Waals surface area contributed by atoms with E-state index < -0.39 is 0 Å². The standard InChI is InChI=1S/C14H20O2/c1-3-5-6-14(16-11-4-2)12-7-9-13(15)10-8-12/h4,7-10,14-15H,2-3,5-6,11H2,1H3. The second-order valence-electron chi connectivity index (χ2n) is 3.84. The summed E-state index contributed by atoms with van der Waals surface area (Å²) >= 11 is 0. The molecule has 0 aliphatic heterocycles. The third kappa shape index (κ3) is 4.07. The van der Waals surface area contributed by atoms with Crippen molar-refractivity contribution in [2.45, 2.75) is 32.3 Å². The minimum atomic E-state index is 0.110. The Balaban J connectivity index is 2.66. The Morgan fingerprint density at radius 2 is 2.06 bits per heavy atom. The first-order valence-electron chi connectivity index (χ1n) is 5.79. The van der Waals surface area contributed by atoms with Crippen molar-refractivity contribution in [1.29, 1.82) is 0 Å². The van der Waals surface area contributed by atoms with Crippen LogP contribution >= 0.6 is 0 Å². The molecule has 0 saturated carbocycles. The molecule has 1 rings (SSSR count). The average Bonchev–Trinajstić information content (AvgIpc) is 2.31. The van der Waals surface area contributed by atoms with Gasteiger partial charge in [-0.2, -0.15) is 0 Å². The van der Waals surface area contributed by atoms with Gasteiger partial charge in [-0.05, 0) is 24.1 Å². The zero-order valence-corrected chi connectivity index (χ0v) is 9.86. The maximum absolute atomic E-state index is 9.23. The fourth-order valence-electron chi connectivity index (χ4n) is 1.61. The SMILES string of the molecule is C=CCOC(CCCC)c1ccc(O)cc1. The summed E-state index contributed by atoms with van der Waals surface area (Å²) in [5.74, 6) is 0.293. The normalized spacial score (nSPS) is 12.3. The maximum Gasteiger partial charge on any atom is 0.115 e. The summed E-state index contributed by atoms with van der Waals surface area (Å²) in [6, 6.07) is 7.23. The fraction of sp³-hybridized carbons (Fsp3) is 0.429. The number of benzene rings is 1. The number of unbranched alkanes of at least 4 members (excludes halogenated alkanes) is 1. The quantitative estimate of drug-likeness (QED) is 0.708. The van der Waals surface area contributed by atoms with E-state index >= 15 is 0 Å². The van der Waals surface area contributed by atoms with Crippen LogP contribution in [0.3, 0.4) is 0 Å². The molecule has 0 saturated heterocycles. The summed E-state index contributed by atoms with van der Waals surface area (Å²) in [6.07, 6.45) is 5.18. The van der Waals surface area contributed by atoms with Crippen LogP contribution in [0.1, 0.15) is 37.9 Å². The van der Waals surface area contributed by atoms with Gasteiger partial charge in [0.05, 0.1) is 12.7 Å². The molecule has 0 heterocycles. The van der Waals surface area contributed by atoms with Crippen molar-refractivity contribution in [1.82, 2.24) is 0 Å². The lowest BCUT2D eigenvalue weighted by Crippen LogP contribution is -2.04. The highest BCUT2D eigenvalue weighted by Crippen LogP contribution is 2.25. The summed E-state index contributed by atoms with van der Waals surface area (Å²) in [5, 5.41) is 9.23. The predicted octanol–water partition coefficient (Wildman–Crippen LogP) is 3.83. The molecular formula is C14H20O2. The van der Waals surface area contributed by atoms with Gasteiger partial charge in [-0.3, -0.25) is 0 Å². The van der Waals surface area contributed by atoms with Crippen molar-refractivity contribution in [2.75, 3.05) is 6.61 Å². The van der Waals surface area contributed by atoms with Crippen molar-refractivity contribution in [3.63, 3.8) is 0 Å². The van der Waals surface area contributed by atoms with Gasteiger partial charge in [-0.1, -0.05) is 38.0 Å². The van der Waals surface area contributed by atoms with Crippen LogP contribution in [0.5, 0.6) is 5.75 Å². The largest absolute Gasteiger partial charge is 0.508 e.